The molecular weight excluding hydrogens is 228 g/mol. The van der Waals surface area contributed by atoms with E-state index in [1.807, 2.05) is 23.1 Å². The summed E-state index contributed by atoms with van der Waals surface area (Å²) in [7, 11) is 1.65. The van der Waals surface area contributed by atoms with Gasteiger partial charge in [-0.1, -0.05) is 30.3 Å². The molecule has 2 rings (SSSR count). The summed E-state index contributed by atoms with van der Waals surface area (Å²) >= 11 is 0. The van der Waals surface area contributed by atoms with Crippen molar-refractivity contribution in [1.29, 1.82) is 0 Å². The minimum absolute atomic E-state index is 0.0398. The number of carbonyl (C=O) groups is 1. The Morgan fingerprint density at radius 2 is 2.17 bits per heavy atom. The van der Waals surface area contributed by atoms with Crippen molar-refractivity contribution in [2.75, 3.05) is 26.9 Å². The molecule has 1 aliphatic heterocycles. The van der Waals surface area contributed by atoms with E-state index in [1.54, 1.807) is 7.11 Å². The van der Waals surface area contributed by atoms with Crippen LogP contribution in [0.15, 0.2) is 30.3 Å². The van der Waals surface area contributed by atoms with E-state index in [4.69, 9.17) is 4.74 Å². The fourth-order valence-electron chi connectivity index (χ4n) is 2.18. The van der Waals surface area contributed by atoms with E-state index in [9.17, 15) is 4.79 Å². The maximum Gasteiger partial charge on any atom is 0.240 e. The van der Waals surface area contributed by atoms with Gasteiger partial charge in [0.15, 0.2) is 0 Å². The maximum atomic E-state index is 12.0. The number of nitrogens with one attached hydrogen (secondary N) is 1. The zero-order valence-electron chi connectivity index (χ0n) is 10.8. The summed E-state index contributed by atoms with van der Waals surface area (Å²) in [6.07, 6.45) is 1.79. The molecule has 1 aliphatic rings. The Hall–Kier alpha value is -1.39. The number of ether oxygens (including phenoxy) is 1. The number of hydrogen-bond acceptors (Lipinski definition) is 3. The molecule has 1 amide bonds. The maximum absolute atomic E-state index is 12.0. The molecule has 1 unspecified atom stereocenters. The molecule has 0 aliphatic carbocycles. The van der Waals surface area contributed by atoms with Gasteiger partial charge >= 0.3 is 0 Å². The lowest BCUT2D eigenvalue weighted by Crippen LogP contribution is -2.32. The standard InChI is InChI=1S/C14H20N2O2/c1-18-10-9-16-11-15-13(14(16)17)8-7-12-5-3-2-4-6-12/h2-6,13,15H,7-11H2,1H3. The predicted octanol–water partition coefficient (Wildman–Crippen LogP) is 1.02. The normalized spacial score (nSPS) is 19.5. The van der Waals surface area contributed by atoms with E-state index in [-0.39, 0.29) is 11.9 Å². The van der Waals surface area contributed by atoms with Crippen LogP contribution >= 0.6 is 0 Å². The second-order valence-corrected chi connectivity index (χ2v) is 4.53. The molecule has 4 nitrogen and oxygen atoms in total. The van der Waals surface area contributed by atoms with Gasteiger partial charge in [-0.05, 0) is 18.4 Å². The van der Waals surface area contributed by atoms with Crippen LogP contribution in [0.25, 0.3) is 0 Å². The van der Waals surface area contributed by atoms with E-state index in [2.05, 4.69) is 17.4 Å². The number of nitrogens with zero attached hydrogens (tertiary/aromatic N) is 1. The highest BCUT2D eigenvalue weighted by atomic mass is 16.5. The number of hydrogen-bond donors (Lipinski definition) is 1. The molecule has 1 aromatic rings. The summed E-state index contributed by atoms with van der Waals surface area (Å²) < 4.78 is 4.99. The zero-order chi connectivity index (χ0) is 12.8. The van der Waals surface area contributed by atoms with Gasteiger partial charge in [-0.3, -0.25) is 10.1 Å². The third-order valence-electron chi connectivity index (χ3n) is 3.27. The highest BCUT2D eigenvalue weighted by molar-refractivity contribution is 5.83. The SMILES string of the molecule is COCCN1CNC(CCc2ccccc2)C1=O. The molecule has 98 valence electrons. The van der Waals surface area contributed by atoms with Gasteiger partial charge in [0, 0.05) is 13.7 Å². The van der Waals surface area contributed by atoms with E-state index >= 15 is 0 Å². The number of amides is 1. The van der Waals surface area contributed by atoms with Crippen molar-refractivity contribution in [1.82, 2.24) is 10.2 Å². The third kappa shape index (κ3) is 3.31. The van der Waals surface area contributed by atoms with E-state index in [1.165, 1.54) is 5.56 Å². The van der Waals surface area contributed by atoms with Gasteiger partial charge < -0.3 is 9.64 Å². The molecule has 0 bridgehead atoms. The van der Waals surface area contributed by atoms with Crippen LogP contribution in [0, 0.1) is 0 Å². The molecule has 4 heteroatoms. The number of carbonyl (C=O) groups excluding carboxylic acids is 1. The topological polar surface area (TPSA) is 41.6 Å². The third-order valence-corrected chi connectivity index (χ3v) is 3.27. The number of benzene rings is 1. The Morgan fingerprint density at radius 3 is 2.89 bits per heavy atom. The van der Waals surface area contributed by atoms with Crippen LogP contribution in [-0.2, 0) is 16.0 Å². The Bertz CT molecular complexity index is 381. The minimum Gasteiger partial charge on any atom is -0.383 e. The summed E-state index contributed by atoms with van der Waals surface area (Å²) in [5.41, 5.74) is 1.28. The smallest absolute Gasteiger partial charge is 0.240 e. The van der Waals surface area contributed by atoms with Crippen molar-refractivity contribution in [2.45, 2.75) is 18.9 Å². The van der Waals surface area contributed by atoms with Gasteiger partial charge in [0.05, 0.1) is 19.3 Å². The van der Waals surface area contributed by atoms with Crippen LogP contribution in [0.3, 0.4) is 0 Å². The Labute approximate surface area is 108 Å². The molecular formula is C14H20N2O2. The lowest BCUT2D eigenvalue weighted by molar-refractivity contribution is -0.129. The summed E-state index contributed by atoms with van der Waals surface area (Å²) in [5.74, 6) is 0.197. The average molecular weight is 248 g/mol. The summed E-state index contributed by atoms with van der Waals surface area (Å²) in [6, 6.07) is 10.2. The van der Waals surface area contributed by atoms with Crippen molar-refractivity contribution in [3.05, 3.63) is 35.9 Å². The Balaban J connectivity index is 1.79. The van der Waals surface area contributed by atoms with Crippen LogP contribution in [0.4, 0.5) is 0 Å². The molecule has 1 fully saturated rings. The quantitative estimate of drug-likeness (QED) is 0.817. The van der Waals surface area contributed by atoms with Crippen LogP contribution < -0.4 is 5.32 Å². The molecule has 1 aromatic carbocycles. The van der Waals surface area contributed by atoms with E-state index in [0.717, 1.165) is 12.8 Å². The van der Waals surface area contributed by atoms with Crippen LogP contribution in [0.2, 0.25) is 0 Å². The van der Waals surface area contributed by atoms with Crippen molar-refractivity contribution in [3.8, 4) is 0 Å². The first kappa shape index (κ1) is 13.1. The lowest BCUT2D eigenvalue weighted by atomic mass is 10.1. The van der Waals surface area contributed by atoms with Gasteiger partial charge in [-0.15, -0.1) is 0 Å². The summed E-state index contributed by atoms with van der Waals surface area (Å²) in [6.45, 7) is 1.91. The molecule has 0 radical (unpaired) electrons. The van der Waals surface area contributed by atoms with Crippen LogP contribution in [0.5, 0.6) is 0 Å². The van der Waals surface area contributed by atoms with Crippen molar-refractivity contribution >= 4 is 5.91 Å². The largest absolute Gasteiger partial charge is 0.383 e. The molecule has 1 N–H and O–H groups in total. The van der Waals surface area contributed by atoms with Crippen molar-refractivity contribution in [3.63, 3.8) is 0 Å². The van der Waals surface area contributed by atoms with Crippen LogP contribution in [0.1, 0.15) is 12.0 Å². The highest BCUT2D eigenvalue weighted by Gasteiger charge is 2.29. The van der Waals surface area contributed by atoms with Crippen molar-refractivity contribution < 1.29 is 9.53 Å². The lowest BCUT2D eigenvalue weighted by Gasteiger charge is -2.14. The highest BCUT2D eigenvalue weighted by Crippen LogP contribution is 2.11. The van der Waals surface area contributed by atoms with E-state index < -0.39 is 0 Å². The van der Waals surface area contributed by atoms with Gasteiger partial charge in [-0.25, -0.2) is 0 Å². The van der Waals surface area contributed by atoms with Gasteiger partial charge in [0.2, 0.25) is 5.91 Å². The molecule has 0 spiro atoms. The predicted molar refractivity (Wildman–Crippen MR) is 70.1 cm³/mol. The molecule has 0 aromatic heterocycles. The number of aryl methyl sites for hydroxylation is 1. The van der Waals surface area contributed by atoms with Gasteiger partial charge in [0.25, 0.3) is 0 Å². The fraction of sp³-hybridized carbons (Fsp3) is 0.500. The zero-order valence-corrected chi connectivity index (χ0v) is 10.8. The summed E-state index contributed by atoms with van der Waals surface area (Å²) in [4.78, 5) is 13.9. The van der Waals surface area contributed by atoms with Gasteiger partial charge in [0.1, 0.15) is 0 Å². The molecule has 18 heavy (non-hydrogen) atoms. The van der Waals surface area contributed by atoms with Gasteiger partial charge in [-0.2, -0.15) is 0 Å². The first-order valence-electron chi connectivity index (χ1n) is 6.36. The van der Waals surface area contributed by atoms with E-state index in [0.29, 0.717) is 19.8 Å². The second kappa shape index (κ2) is 6.52. The second-order valence-electron chi connectivity index (χ2n) is 4.53. The monoisotopic (exact) mass is 248 g/mol. The minimum atomic E-state index is -0.0398. The molecule has 1 heterocycles. The Morgan fingerprint density at radius 1 is 1.39 bits per heavy atom. The van der Waals surface area contributed by atoms with Crippen LogP contribution in [-0.4, -0.2) is 43.8 Å². The molecule has 1 saturated heterocycles. The number of rotatable bonds is 6. The average Bonchev–Trinajstić information content (AvgIpc) is 2.76. The fourth-order valence-corrected chi connectivity index (χ4v) is 2.18. The Kier molecular flexibility index (Phi) is 4.73. The molecule has 0 saturated carbocycles. The summed E-state index contributed by atoms with van der Waals surface area (Å²) in [5, 5.41) is 3.26. The molecule has 1 atom stereocenters. The number of methoxy groups -OCH3 is 1. The van der Waals surface area contributed by atoms with Crippen molar-refractivity contribution in [2.24, 2.45) is 0 Å². The first-order valence-corrected chi connectivity index (χ1v) is 6.36. The first-order chi connectivity index (χ1) is 8.81.